The standard InChI is InChI=1S/C17H22N4O3S2/c22-16(11-14-12-25-17(18-14)21-4-1-2-5-21)20-8-6-19(7-9-20)15-3-10-26(23,24)13-15/h1-2,4-5,12,15H,3,6-11,13H2/t15-/m1/s1. The number of aromatic nitrogens is 2. The maximum absolute atomic E-state index is 12.6. The number of carbonyl (C=O) groups is 1. The summed E-state index contributed by atoms with van der Waals surface area (Å²) in [6.45, 7) is 2.81. The first-order valence-electron chi connectivity index (χ1n) is 8.80. The van der Waals surface area contributed by atoms with Crippen LogP contribution in [0.5, 0.6) is 0 Å². The molecule has 2 aliphatic rings. The lowest BCUT2D eigenvalue weighted by Crippen LogP contribution is -2.52. The molecule has 0 aliphatic carbocycles. The average Bonchev–Trinajstić information content (AvgIpc) is 3.35. The zero-order chi connectivity index (χ0) is 18.1. The fourth-order valence-electron chi connectivity index (χ4n) is 3.62. The molecule has 2 fully saturated rings. The molecule has 0 unspecified atom stereocenters. The third kappa shape index (κ3) is 3.84. The second kappa shape index (κ2) is 7.13. The van der Waals surface area contributed by atoms with E-state index in [2.05, 4.69) is 9.88 Å². The van der Waals surface area contributed by atoms with E-state index >= 15 is 0 Å². The SMILES string of the molecule is O=C(Cc1csc(-n2cccc2)n1)N1CCN([C@@H]2CCS(=O)(=O)C2)CC1. The van der Waals surface area contributed by atoms with Crippen molar-refractivity contribution >= 4 is 27.1 Å². The van der Waals surface area contributed by atoms with Crippen LogP contribution in [0, 0.1) is 0 Å². The second-order valence-electron chi connectivity index (χ2n) is 6.86. The summed E-state index contributed by atoms with van der Waals surface area (Å²) in [6, 6.07) is 4.02. The Hall–Kier alpha value is -1.71. The van der Waals surface area contributed by atoms with Crippen molar-refractivity contribution in [2.75, 3.05) is 37.7 Å². The smallest absolute Gasteiger partial charge is 0.228 e. The van der Waals surface area contributed by atoms with Crippen LogP contribution in [-0.4, -0.2) is 77.4 Å². The van der Waals surface area contributed by atoms with Crippen LogP contribution in [0.4, 0.5) is 0 Å². The van der Waals surface area contributed by atoms with Gasteiger partial charge in [0.1, 0.15) is 0 Å². The van der Waals surface area contributed by atoms with E-state index in [0.717, 1.165) is 30.3 Å². The quantitative estimate of drug-likeness (QED) is 0.767. The fraction of sp³-hybridized carbons (Fsp3) is 0.529. The third-order valence-electron chi connectivity index (χ3n) is 5.09. The van der Waals surface area contributed by atoms with Gasteiger partial charge in [-0.3, -0.25) is 9.69 Å². The van der Waals surface area contributed by atoms with Gasteiger partial charge in [-0.1, -0.05) is 0 Å². The molecule has 4 rings (SSSR count). The molecule has 2 saturated heterocycles. The summed E-state index contributed by atoms with van der Waals surface area (Å²) < 4.78 is 25.2. The van der Waals surface area contributed by atoms with E-state index in [4.69, 9.17) is 0 Å². The highest BCUT2D eigenvalue weighted by molar-refractivity contribution is 7.91. The Morgan fingerprint density at radius 1 is 1.19 bits per heavy atom. The molecule has 2 aromatic rings. The number of thiazole rings is 1. The van der Waals surface area contributed by atoms with E-state index in [1.807, 2.05) is 39.4 Å². The van der Waals surface area contributed by atoms with Gasteiger partial charge in [0.15, 0.2) is 15.0 Å². The first-order chi connectivity index (χ1) is 12.5. The van der Waals surface area contributed by atoms with Gasteiger partial charge in [0.2, 0.25) is 5.91 Å². The van der Waals surface area contributed by atoms with Crippen molar-refractivity contribution in [3.8, 4) is 5.13 Å². The number of sulfone groups is 1. The molecule has 0 aromatic carbocycles. The predicted octanol–water partition coefficient (Wildman–Crippen LogP) is 0.808. The Kier molecular flexibility index (Phi) is 4.85. The maximum Gasteiger partial charge on any atom is 0.228 e. The zero-order valence-corrected chi connectivity index (χ0v) is 16.1. The maximum atomic E-state index is 12.6. The van der Waals surface area contributed by atoms with Crippen LogP contribution in [0.2, 0.25) is 0 Å². The van der Waals surface area contributed by atoms with Crippen LogP contribution >= 0.6 is 11.3 Å². The summed E-state index contributed by atoms with van der Waals surface area (Å²) in [6.07, 6.45) is 4.91. The molecule has 0 radical (unpaired) electrons. The fourth-order valence-corrected chi connectivity index (χ4v) is 6.18. The highest BCUT2D eigenvalue weighted by atomic mass is 32.2. The van der Waals surface area contributed by atoms with Crippen molar-refractivity contribution < 1.29 is 13.2 Å². The normalized spacial score (nSPS) is 23.4. The molecule has 0 saturated carbocycles. The molecule has 2 aliphatic heterocycles. The Balaban J connectivity index is 1.30. The number of carbonyl (C=O) groups excluding carboxylic acids is 1. The van der Waals surface area contributed by atoms with Crippen LogP contribution in [0.1, 0.15) is 12.1 Å². The molecule has 0 spiro atoms. The number of rotatable bonds is 4. The minimum Gasteiger partial charge on any atom is -0.340 e. The number of nitrogens with zero attached hydrogens (tertiary/aromatic N) is 4. The predicted molar refractivity (Wildman–Crippen MR) is 100 cm³/mol. The van der Waals surface area contributed by atoms with E-state index in [-0.39, 0.29) is 17.7 Å². The molecule has 1 atom stereocenters. The van der Waals surface area contributed by atoms with Gasteiger partial charge in [-0.2, -0.15) is 0 Å². The molecule has 1 amide bonds. The Labute approximate surface area is 157 Å². The summed E-state index contributed by atoms with van der Waals surface area (Å²) in [5.74, 6) is 0.653. The van der Waals surface area contributed by atoms with Crippen molar-refractivity contribution in [3.05, 3.63) is 35.6 Å². The van der Waals surface area contributed by atoms with Gasteiger partial charge in [-0.25, -0.2) is 13.4 Å². The lowest BCUT2D eigenvalue weighted by Gasteiger charge is -2.37. The lowest BCUT2D eigenvalue weighted by molar-refractivity contribution is -0.132. The molecule has 9 heteroatoms. The number of hydrogen-bond donors (Lipinski definition) is 0. The molecule has 7 nitrogen and oxygen atoms in total. The minimum absolute atomic E-state index is 0.0908. The van der Waals surface area contributed by atoms with E-state index in [1.165, 1.54) is 11.3 Å². The van der Waals surface area contributed by atoms with Crippen LogP contribution in [0.15, 0.2) is 29.9 Å². The second-order valence-corrected chi connectivity index (χ2v) is 9.93. The van der Waals surface area contributed by atoms with Crippen molar-refractivity contribution in [2.24, 2.45) is 0 Å². The van der Waals surface area contributed by atoms with Crippen LogP contribution in [0.25, 0.3) is 5.13 Å². The average molecular weight is 395 g/mol. The number of piperazine rings is 1. The molecular weight excluding hydrogens is 372 g/mol. The third-order valence-corrected chi connectivity index (χ3v) is 7.74. The zero-order valence-electron chi connectivity index (χ0n) is 14.5. The molecule has 0 N–H and O–H groups in total. The van der Waals surface area contributed by atoms with E-state index in [1.54, 1.807) is 0 Å². The van der Waals surface area contributed by atoms with Crippen molar-refractivity contribution in [2.45, 2.75) is 18.9 Å². The Morgan fingerprint density at radius 2 is 1.92 bits per heavy atom. The summed E-state index contributed by atoms with van der Waals surface area (Å²) >= 11 is 1.53. The van der Waals surface area contributed by atoms with Gasteiger partial charge < -0.3 is 9.47 Å². The summed E-state index contributed by atoms with van der Waals surface area (Å²) in [4.78, 5) is 21.2. The number of hydrogen-bond acceptors (Lipinski definition) is 6. The van der Waals surface area contributed by atoms with Crippen molar-refractivity contribution in [1.82, 2.24) is 19.4 Å². The topological polar surface area (TPSA) is 75.5 Å². The van der Waals surface area contributed by atoms with Gasteiger partial charge >= 0.3 is 0 Å². The monoisotopic (exact) mass is 394 g/mol. The first-order valence-corrected chi connectivity index (χ1v) is 11.5. The largest absolute Gasteiger partial charge is 0.340 e. The summed E-state index contributed by atoms with van der Waals surface area (Å²) in [5, 5.41) is 2.80. The highest BCUT2D eigenvalue weighted by Gasteiger charge is 2.34. The van der Waals surface area contributed by atoms with Gasteiger partial charge in [0.05, 0.1) is 23.6 Å². The van der Waals surface area contributed by atoms with Gasteiger partial charge in [0, 0.05) is 50.0 Å². The molecule has 4 heterocycles. The van der Waals surface area contributed by atoms with Crippen LogP contribution in [0.3, 0.4) is 0 Å². The summed E-state index contributed by atoms with van der Waals surface area (Å²) in [7, 11) is -2.86. The molecule has 26 heavy (non-hydrogen) atoms. The molecule has 0 bridgehead atoms. The molecule has 2 aromatic heterocycles. The van der Waals surface area contributed by atoms with Gasteiger partial charge in [-0.05, 0) is 18.6 Å². The minimum atomic E-state index is -2.86. The Bertz CT molecular complexity index is 868. The van der Waals surface area contributed by atoms with E-state index in [9.17, 15) is 13.2 Å². The lowest BCUT2D eigenvalue weighted by atomic mass is 10.2. The van der Waals surface area contributed by atoms with Crippen molar-refractivity contribution in [1.29, 1.82) is 0 Å². The molecular formula is C17H22N4O3S2. The van der Waals surface area contributed by atoms with Crippen LogP contribution in [-0.2, 0) is 21.1 Å². The van der Waals surface area contributed by atoms with Gasteiger partial charge in [-0.15, -0.1) is 11.3 Å². The molecule has 140 valence electrons. The highest BCUT2D eigenvalue weighted by Crippen LogP contribution is 2.20. The van der Waals surface area contributed by atoms with Gasteiger partial charge in [0.25, 0.3) is 0 Å². The number of amides is 1. The Morgan fingerprint density at radius 3 is 2.58 bits per heavy atom. The summed E-state index contributed by atoms with van der Waals surface area (Å²) in [5.41, 5.74) is 0.799. The first kappa shape index (κ1) is 17.7. The van der Waals surface area contributed by atoms with Crippen molar-refractivity contribution in [3.63, 3.8) is 0 Å². The van der Waals surface area contributed by atoms with E-state index in [0.29, 0.717) is 25.3 Å². The van der Waals surface area contributed by atoms with E-state index < -0.39 is 9.84 Å². The van der Waals surface area contributed by atoms with Crippen LogP contribution < -0.4 is 0 Å².